The van der Waals surface area contributed by atoms with E-state index >= 15 is 0 Å². The summed E-state index contributed by atoms with van der Waals surface area (Å²) in [5.41, 5.74) is 1.97. The van der Waals surface area contributed by atoms with E-state index in [1.807, 2.05) is 0 Å². The molecule has 0 unspecified atom stereocenters. The average Bonchev–Trinajstić information content (AvgIpc) is 2.93. The van der Waals surface area contributed by atoms with E-state index in [4.69, 9.17) is 30.5 Å². The van der Waals surface area contributed by atoms with Crippen LogP contribution in [0.2, 0.25) is 5.02 Å². The van der Waals surface area contributed by atoms with Gasteiger partial charge in [0.05, 0.1) is 40.9 Å². The van der Waals surface area contributed by atoms with Crippen molar-refractivity contribution in [3.63, 3.8) is 0 Å². The van der Waals surface area contributed by atoms with Crippen LogP contribution in [0.1, 0.15) is 22.8 Å². The number of nitrogens with one attached hydrogen (secondary N) is 1. The summed E-state index contributed by atoms with van der Waals surface area (Å²) in [6.45, 7) is 5.75. The van der Waals surface area contributed by atoms with Crippen LogP contribution < -0.4 is 24.4 Å². The lowest BCUT2D eigenvalue weighted by molar-refractivity contribution is -0.394. The molecule has 3 rings (SSSR count). The van der Waals surface area contributed by atoms with Gasteiger partial charge >= 0.3 is 5.69 Å². The van der Waals surface area contributed by atoms with Crippen LogP contribution in [0, 0.1) is 20.2 Å². The Kier molecular flexibility index (Phi) is 9.97. The molecular weight excluding hydrogens is 548 g/mol. The molecule has 0 atom stereocenters. The van der Waals surface area contributed by atoms with Gasteiger partial charge in [-0.3, -0.25) is 25.0 Å². The molecule has 14 heteroatoms. The summed E-state index contributed by atoms with van der Waals surface area (Å²) in [5, 5.41) is 26.4. The zero-order valence-electron chi connectivity index (χ0n) is 21.3. The third-order valence-corrected chi connectivity index (χ3v) is 5.34. The lowest BCUT2D eigenvalue weighted by Gasteiger charge is -2.14. The maximum Gasteiger partial charge on any atom is 0.318 e. The number of hydrogen-bond donors (Lipinski definition) is 1. The highest BCUT2D eigenvalue weighted by Gasteiger charge is 2.23. The van der Waals surface area contributed by atoms with Gasteiger partial charge in [-0.2, -0.15) is 5.10 Å². The Labute approximate surface area is 232 Å². The van der Waals surface area contributed by atoms with Crippen molar-refractivity contribution in [2.24, 2.45) is 5.10 Å². The molecule has 0 saturated carbocycles. The molecule has 13 nitrogen and oxygen atoms in total. The first-order chi connectivity index (χ1) is 19.2. The maximum absolute atomic E-state index is 12.6. The Morgan fingerprint density at radius 3 is 2.42 bits per heavy atom. The molecule has 3 aromatic carbocycles. The van der Waals surface area contributed by atoms with Crippen molar-refractivity contribution < 1.29 is 33.6 Å². The monoisotopic (exact) mass is 570 g/mol. The number of nitro benzene ring substituents is 2. The molecule has 3 aromatic rings. The van der Waals surface area contributed by atoms with E-state index in [1.165, 1.54) is 31.5 Å². The first-order valence-electron chi connectivity index (χ1n) is 11.5. The third kappa shape index (κ3) is 7.23. The van der Waals surface area contributed by atoms with Gasteiger partial charge in [-0.1, -0.05) is 24.3 Å². The fraction of sp³-hybridized carbons (Fsp3) is 0.154. The Bertz CT molecular complexity index is 1480. The largest absolute Gasteiger partial charge is 0.493 e. The maximum atomic E-state index is 12.6. The zero-order chi connectivity index (χ0) is 29.2. The summed E-state index contributed by atoms with van der Waals surface area (Å²) in [5.74, 6) is 0.0787. The Balaban J connectivity index is 1.82. The molecule has 0 radical (unpaired) electrons. The molecule has 0 fully saturated rings. The number of carbonyl (C=O) groups excluding carboxylic acids is 1. The second-order valence-electron chi connectivity index (χ2n) is 7.70. The second-order valence-corrected chi connectivity index (χ2v) is 8.10. The summed E-state index contributed by atoms with van der Waals surface area (Å²) in [6.07, 6.45) is 2.89. The van der Waals surface area contributed by atoms with Crippen molar-refractivity contribution in [3.8, 4) is 28.7 Å². The molecule has 208 valence electrons. The van der Waals surface area contributed by atoms with Gasteiger partial charge in [0.1, 0.15) is 6.61 Å². The van der Waals surface area contributed by atoms with Gasteiger partial charge in [-0.25, -0.2) is 5.43 Å². The van der Waals surface area contributed by atoms with Gasteiger partial charge in [-0.15, -0.1) is 0 Å². The van der Waals surface area contributed by atoms with Gasteiger partial charge < -0.3 is 18.9 Å². The van der Waals surface area contributed by atoms with Crippen LogP contribution in [0.3, 0.4) is 0 Å². The number of nitro groups is 2. The van der Waals surface area contributed by atoms with E-state index in [9.17, 15) is 25.0 Å². The molecule has 0 heterocycles. The molecular formula is C26H23ClN4O9. The van der Waals surface area contributed by atoms with E-state index in [-0.39, 0.29) is 41.0 Å². The molecule has 0 aliphatic carbocycles. The van der Waals surface area contributed by atoms with E-state index in [0.717, 1.165) is 18.2 Å². The molecule has 0 spiro atoms. The number of hydrazone groups is 1. The summed E-state index contributed by atoms with van der Waals surface area (Å²) in [6, 6.07) is 10.5. The van der Waals surface area contributed by atoms with Gasteiger partial charge in [-0.05, 0) is 48.9 Å². The summed E-state index contributed by atoms with van der Waals surface area (Å²) >= 11 is 6.39. The highest BCUT2D eigenvalue weighted by atomic mass is 35.5. The van der Waals surface area contributed by atoms with Crippen LogP contribution in [-0.2, 0) is 0 Å². The highest BCUT2D eigenvalue weighted by Crippen LogP contribution is 2.42. The van der Waals surface area contributed by atoms with Crippen molar-refractivity contribution in [3.05, 3.63) is 97.6 Å². The standard InChI is InChI=1S/C26H23ClN4O9/c1-4-10-39-22-8-6-17(13-23(22)37-3)26(32)29-28-15-16-11-19(27)25(24(12-16)38-5-2)40-21-9-7-18(30(33)34)14-20(21)31(35)36/h4,6-9,11-15H,1,5,10H2,2-3H3,(H,29,32)/b28-15+. The molecule has 0 saturated heterocycles. The number of carbonyl (C=O) groups is 1. The van der Waals surface area contributed by atoms with Crippen LogP contribution in [-0.4, -0.2) is 42.3 Å². The third-order valence-electron chi connectivity index (χ3n) is 5.06. The van der Waals surface area contributed by atoms with Gasteiger partial charge in [0.15, 0.2) is 23.0 Å². The molecule has 0 aromatic heterocycles. The summed E-state index contributed by atoms with van der Waals surface area (Å²) < 4.78 is 22.0. The number of nitrogens with zero attached hydrogens (tertiary/aromatic N) is 3. The minimum atomic E-state index is -0.808. The number of ether oxygens (including phenoxy) is 4. The van der Waals surface area contributed by atoms with Crippen LogP contribution in [0.4, 0.5) is 11.4 Å². The SMILES string of the molecule is C=CCOc1ccc(C(=O)N/N=C/c2cc(Cl)c(Oc3ccc([N+](=O)[O-])cc3[N+](=O)[O-])c(OCC)c2)cc1OC. The normalized spacial score (nSPS) is 10.6. The lowest BCUT2D eigenvalue weighted by Crippen LogP contribution is -2.17. The van der Waals surface area contributed by atoms with Crippen molar-refractivity contribution in [1.82, 2.24) is 5.43 Å². The molecule has 0 aliphatic rings. The molecule has 40 heavy (non-hydrogen) atoms. The van der Waals surface area contributed by atoms with Gasteiger partial charge in [0.2, 0.25) is 5.75 Å². The number of methoxy groups -OCH3 is 1. The number of amides is 1. The van der Waals surface area contributed by atoms with Crippen molar-refractivity contribution in [2.75, 3.05) is 20.3 Å². The molecule has 0 aliphatic heterocycles. The van der Waals surface area contributed by atoms with Crippen molar-refractivity contribution in [1.29, 1.82) is 0 Å². The Morgan fingerprint density at radius 2 is 1.77 bits per heavy atom. The minimum Gasteiger partial charge on any atom is -0.493 e. The predicted molar refractivity (Wildman–Crippen MR) is 146 cm³/mol. The van der Waals surface area contributed by atoms with Crippen molar-refractivity contribution >= 4 is 35.1 Å². The number of non-ortho nitro benzene ring substituents is 1. The quantitative estimate of drug-likeness (QED) is 0.118. The van der Waals surface area contributed by atoms with E-state index in [1.54, 1.807) is 25.1 Å². The Hall–Kier alpha value is -5.17. The van der Waals surface area contributed by atoms with Gasteiger partial charge in [0, 0.05) is 11.6 Å². The summed E-state index contributed by atoms with van der Waals surface area (Å²) in [4.78, 5) is 33.5. The van der Waals surface area contributed by atoms with Gasteiger partial charge in [0.25, 0.3) is 11.6 Å². The van der Waals surface area contributed by atoms with Crippen LogP contribution in [0.25, 0.3) is 0 Å². The van der Waals surface area contributed by atoms with Crippen LogP contribution in [0.15, 0.2) is 66.3 Å². The van der Waals surface area contributed by atoms with Crippen molar-refractivity contribution in [2.45, 2.75) is 6.92 Å². The number of halogens is 1. The molecule has 1 N–H and O–H groups in total. The molecule has 1 amide bonds. The predicted octanol–water partition coefficient (Wildman–Crippen LogP) is 5.68. The summed E-state index contributed by atoms with van der Waals surface area (Å²) in [7, 11) is 1.45. The number of rotatable bonds is 13. The first-order valence-corrected chi connectivity index (χ1v) is 11.9. The topological polar surface area (TPSA) is 165 Å². The minimum absolute atomic E-state index is 0.00577. The number of hydrogen-bond acceptors (Lipinski definition) is 10. The first kappa shape index (κ1) is 29.4. The smallest absolute Gasteiger partial charge is 0.318 e. The van der Waals surface area contributed by atoms with Crippen LogP contribution >= 0.6 is 11.6 Å². The van der Waals surface area contributed by atoms with Crippen LogP contribution in [0.5, 0.6) is 28.7 Å². The molecule has 0 bridgehead atoms. The average molecular weight is 571 g/mol. The highest BCUT2D eigenvalue weighted by molar-refractivity contribution is 6.32. The van der Waals surface area contributed by atoms with E-state index < -0.39 is 27.1 Å². The Morgan fingerprint density at radius 1 is 1.02 bits per heavy atom. The second kappa shape index (κ2) is 13.6. The lowest BCUT2D eigenvalue weighted by atomic mass is 10.2. The fourth-order valence-corrected chi connectivity index (χ4v) is 3.55. The zero-order valence-corrected chi connectivity index (χ0v) is 22.0. The van der Waals surface area contributed by atoms with E-state index in [2.05, 4.69) is 17.1 Å². The number of benzene rings is 3. The fourth-order valence-electron chi connectivity index (χ4n) is 3.29. The van der Waals surface area contributed by atoms with E-state index in [0.29, 0.717) is 17.1 Å².